The minimum absolute atomic E-state index is 0.0790. The van der Waals surface area contributed by atoms with Gasteiger partial charge in [0.2, 0.25) is 0 Å². The van der Waals surface area contributed by atoms with Crippen LogP contribution in [0.4, 0.5) is 0 Å². The van der Waals surface area contributed by atoms with Gasteiger partial charge in [-0.3, -0.25) is 4.79 Å². The van der Waals surface area contributed by atoms with Crippen molar-refractivity contribution in [1.82, 2.24) is 0 Å². The van der Waals surface area contributed by atoms with E-state index in [1.807, 2.05) is 6.07 Å². The van der Waals surface area contributed by atoms with E-state index in [2.05, 4.69) is 0 Å². The van der Waals surface area contributed by atoms with Crippen molar-refractivity contribution in [2.24, 2.45) is 5.92 Å². The Morgan fingerprint density at radius 2 is 2.19 bits per heavy atom. The molecule has 0 spiro atoms. The van der Waals surface area contributed by atoms with Gasteiger partial charge in [0.1, 0.15) is 5.78 Å². The summed E-state index contributed by atoms with van der Waals surface area (Å²) in [4.78, 5) is 11.6. The quantitative estimate of drug-likeness (QED) is 0.815. The van der Waals surface area contributed by atoms with Crippen LogP contribution in [-0.2, 0) is 16.0 Å². The third kappa shape index (κ3) is 2.76. The Morgan fingerprint density at radius 3 is 2.94 bits per heavy atom. The Bertz CT molecular complexity index is 404. The van der Waals surface area contributed by atoms with Crippen LogP contribution in [0.3, 0.4) is 0 Å². The van der Waals surface area contributed by atoms with Gasteiger partial charge in [0.15, 0.2) is 0 Å². The molecule has 0 amide bonds. The summed E-state index contributed by atoms with van der Waals surface area (Å²) in [6.07, 6.45) is 1.11. The second-order valence-electron chi connectivity index (χ2n) is 3.93. The van der Waals surface area contributed by atoms with Crippen molar-refractivity contribution < 1.29 is 9.53 Å². The van der Waals surface area contributed by atoms with Crippen molar-refractivity contribution in [2.45, 2.75) is 12.8 Å². The van der Waals surface area contributed by atoms with Gasteiger partial charge in [-0.15, -0.1) is 0 Å². The predicted molar refractivity (Wildman–Crippen MR) is 64.1 cm³/mol. The maximum atomic E-state index is 11.6. The molecule has 1 aromatic rings. The molecule has 0 bridgehead atoms. The number of Topliss-reactive ketones (excluding diaryl/α,β-unsaturated/α-hetero) is 1. The van der Waals surface area contributed by atoms with E-state index in [9.17, 15) is 4.79 Å². The average Bonchev–Trinajstić information content (AvgIpc) is 2.27. The molecule has 0 aliphatic carbocycles. The Morgan fingerprint density at radius 1 is 1.38 bits per heavy atom. The highest BCUT2D eigenvalue weighted by Gasteiger charge is 2.23. The van der Waals surface area contributed by atoms with Gasteiger partial charge in [-0.25, -0.2) is 0 Å². The molecular formula is C12H12Cl2O2. The number of carbonyl (C=O) groups excluding carboxylic acids is 1. The predicted octanol–water partition coefficient (Wildman–Crippen LogP) is 3.14. The molecule has 1 saturated heterocycles. The molecule has 0 N–H and O–H groups in total. The molecule has 1 aliphatic heterocycles. The SMILES string of the molecule is O=C1CCOCC1Cc1cc(Cl)ccc1Cl. The molecule has 2 rings (SSSR count). The summed E-state index contributed by atoms with van der Waals surface area (Å²) in [5.74, 6) is 0.173. The van der Waals surface area contributed by atoms with Crippen LogP contribution in [0, 0.1) is 5.92 Å². The number of hydrogen-bond donors (Lipinski definition) is 0. The number of carbonyl (C=O) groups is 1. The standard InChI is InChI=1S/C12H12Cl2O2/c13-10-1-2-11(14)8(6-10)5-9-7-16-4-3-12(9)15/h1-2,6,9H,3-5,7H2. The molecule has 1 fully saturated rings. The molecule has 1 aliphatic rings. The van der Waals surface area contributed by atoms with Gasteiger partial charge >= 0.3 is 0 Å². The molecule has 16 heavy (non-hydrogen) atoms. The zero-order valence-corrected chi connectivity index (χ0v) is 10.2. The van der Waals surface area contributed by atoms with Crippen molar-refractivity contribution in [2.75, 3.05) is 13.2 Å². The summed E-state index contributed by atoms with van der Waals surface area (Å²) in [5, 5.41) is 1.30. The second-order valence-corrected chi connectivity index (χ2v) is 4.77. The highest BCUT2D eigenvalue weighted by Crippen LogP contribution is 2.25. The molecule has 1 atom stereocenters. The van der Waals surface area contributed by atoms with Gasteiger partial charge in [-0.1, -0.05) is 23.2 Å². The molecule has 0 saturated carbocycles. The number of ether oxygens (including phenoxy) is 1. The van der Waals surface area contributed by atoms with Crippen LogP contribution in [-0.4, -0.2) is 19.0 Å². The van der Waals surface area contributed by atoms with Crippen molar-refractivity contribution in [3.8, 4) is 0 Å². The number of hydrogen-bond acceptors (Lipinski definition) is 2. The van der Waals surface area contributed by atoms with Gasteiger partial charge in [-0.05, 0) is 30.2 Å². The van der Waals surface area contributed by atoms with Crippen LogP contribution >= 0.6 is 23.2 Å². The normalized spacial score (nSPS) is 21.1. The third-order valence-electron chi connectivity index (χ3n) is 2.74. The largest absolute Gasteiger partial charge is 0.380 e. The van der Waals surface area contributed by atoms with Crippen LogP contribution in [0.15, 0.2) is 18.2 Å². The lowest BCUT2D eigenvalue weighted by atomic mass is 9.93. The van der Waals surface area contributed by atoms with Crippen molar-refractivity contribution in [3.05, 3.63) is 33.8 Å². The zero-order valence-electron chi connectivity index (χ0n) is 8.71. The molecule has 0 aromatic heterocycles. The van der Waals surface area contributed by atoms with Gasteiger partial charge in [0.25, 0.3) is 0 Å². The summed E-state index contributed by atoms with van der Waals surface area (Å²) >= 11 is 11.9. The Kier molecular flexibility index (Phi) is 3.85. The van der Waals surface area contributed by atoms with Crippen LogP contribution in [0.2, 0.25) is 10.0 Å². The van der Waals surface area contributed by atoms with Crippen molar-refractivity contribution >= 4 is 29.0 Å². The Labute approximate surface area is 104 Å². The summed E-state index contributed by atoms with van der Waals surface area (Å²) in [5.41, 5.74) is 0.915. The molecule has 0 radical (unpaired) electrons. The molecule has 86 valence electrons. The number of rotatable bonds is 2. The fourth-order valence-corrected chi connectivity index (χ4v) is 2.22. The first-order chi connectivity index (χ1) is 7.66. The van der Waals surface area contributed by atoms with E-state index in [4.69, 9.17) is 27.9 Å². The topological polar surface area (TPSA) is 26.3 Å². The maximum Gasteiger partial charge on any atom is 0.140 e. The monoisotopic (exact) mass is 258 g/mol. The summed E-state index contributed by atoms with van der Waals surface area (Å²) < 4.78 is 5.30. The van der Waals surface area contributed by atoms with Crippen LogP contribution in [0.5, 0.6) is 0 Å². The van der Waals surface area contributed by atoms with Crippen LogP contribution in [0.25, 0.3) is 0 Å². The van der Waals surface area contributed by atoms with E-state index in [0.717, 1.165) is 5.56 Å². The molecule has 1 unspecified atom stereocenters. The summed E-state index contributed by atoms with van der Waals surface area (Å²) in [7, 11) is 0. The number of halogens is 2. The first-order valence-electron chi connectivity index (χ1n) is 5.21. The molecule has 1 heterocycles. The van der Waals surface area contributed by atoms with Gasteiger partial charge in [0, 0.05) is 22.4 Å². The minimum atomic E-state index is -0.0790. The summed E-state index contributed by atoms with van der Waals surface area (Å²) in [6, 6.07) is 5.31. The van der Waals surface area contributed by atoms with E-state index in [1.54, 1.807) is 12.1 Å². The molecule has 4 heteroatoms. The second kappa shape index (κ2) is 5.17. The van der Waals surface area contributed by atoms with E-state index < -0.39 is 0 Å². The van der Waals surface area contributed by atoms with E-state index in [-0.39, 0.29) is 11.7 Å². The minimum Gasteiger partial charge on any atom is -0.380 e. The smallest absolute Gasteiger partial charge is 0.140 e. The fraction of sp³-hybridized carbons (Fsp3) is 0.417. The Hall–Kier alpha value is -0.570. The molecular weight excluding hydrogens is 247 g/mol. The first kappa shape index (κ1) is 11.9. The molecule has 1 aromatic carbocycles. The lowest BCUT2D eigenvalue weighted by molar-refractivity contribution is -0.130. The fourth-order valence-electron chi connectivity index (χ4n) is 1.83. The van der Waals surface area contributed by atoms with Crippen molar-refractivity contribution in [3.63, 3.8) is 0 Å². The average molecular weight is 259 g/mol. The van der Waals surface area contributed by atoms with E-state index >= 15 is 0 Å². The number of ketones is 1. The van der Waals surface area contributed by atoms with Crippen LogP contribution < -0.4 is 0 Å². The van der Waals surface area contributed by atoms with Crippen LogP contribution in [0.1, 0.15) is 12.0 Å². The van der Waals surface area contributed by atoms with Gasteiger partial charge in [0.05, 0.1) is 13.2 Å². The third-order valence-corrected chi connectivity index (χ3v) is 3.35. The van der Waals surface area contributed by atoms with E-state index in [1.165, 1.54) is 0 Å². The molecule has 2 nitrogen and oxygen atoms in total. The van der Waals surface area contributed by atoms with Crippen molar-refractivity contribution in [1.29, 1.82) is 0 Å². The summed E-state index contributed by atoms with van der Waals surface area (Å²) in [6.45, 7) is 1.03. The Balaban J connectivity index is 2.13. The number of benzene rings is 1. The zero-order chi connectivity index (χ0) is 11.5. The lowest BCUT2D eigenvalue weighted by Gasteiger charge is -2.21. The highest BCUT2D eigenvalue weighted by atomic mass is 35.5. The maximum absolute atomic E-state index is 11.6. The van der Waals surface area contributed by atoms with Gasteiger partial charge < -0.3 is 4.74 Å². The lowest BCUT2D eigenvalue weighted by Crippen LogP contribution is -2.29. The van der Waals surface area contributed by atoms with E-state index in [0.29, 0.717) is 36.1 Å². The first-order valence-corrected chi connectivity index (χ1v) is 5.97. The van der Waals surface area contributed by atoms with Gasteiger partial charge in [-0.2, -0.15) is 0 Å². The highest BCUT2D eigenvalue weighted by molar-refractivity contribution is 6.33.